The van der Waals surface area contributed by atoms with Gasteiger partial charge in [0.15, 0.2) is 0 Å². The number of rotatable bonds is 5. The quantitative estimate of drug-likeness (QED) is 0.814. The smallest absolute Gasteiger partial charge is 0.211 e. The summed E-state index contributed by atoms with van der Waals surface area (Å²) in [5, 5.41) is 0.00691. The first-order valence-electron chi connectivity index (χ1n) is 6.89. The molecule has 1 aliphatic rings. The Morgan fingerprint density at radius 3 is 2.52 bits per heavy atom. The molecule has 1 N–H and O–H groups in total. The van der Waals surface area contributed by atoms with Gasteiger partial charge in [-0.2, -0.15) is 0 Å². The van der Waals surface area contributed by atoms with E-state index in [2.05, 4.69) is 4.72 Å². The Morgan fingerprint density at radius 2 is 1.90 bits per heavy atom. The minimum atomic E-state index is -3.84. The van der Waals surface area contributed by atoms with E-state index < -0.39 is 15.8 Å². The molecule has 3 nitrogen and oxygen atoms in total. The van der Waals surface area contributed by atoms with E-state index in [0.29, 0.717) is 5.88 Å². The summed E-state index contributed by atoms with van der Waals surface area (Å²) in [6, 6.07) is 3.30. The molecule has 1 aromatic rings. The van der Waals surface area contributed by atoms with Gasteiger partial charge in [-0.1, -0.05) is 30.9 Å². The van der Waals surface area contributed by atoms with E-state index in [1.54, 1.807) is 0 Å². The third-order valence-corrected chi connectivity index (χ3v) is 6.47. The van der Waals surface area contributed by atoms with Gasteiger partial charge in [0.2, 0.25) is 10.0 Å². The zero-order chi connectivity index (χ0) is 15.5. The topological polar surface area (TPSA) is 46.2 Å². The van der Waals surface area contributed by atoms with E-state index in [1.807, 2.05) is 0 Å². The fraction of sp³-hybridized carbons (Fsp3) is 0.571. The summed E-state index contributed by atoms with van der Waals surface area (Å²) >= 11 is 11.9. The molecule has 0 radical (unpaired) electrons. The average Bonchev–Trinajstić information content (AvgIpc) is 2.49. The summed E-state index contributed by atoms with van der Waals surface area (Å²) in [6.07, 6.45) is 5.05. The second kappa shape index (κ2) is 6.82. The van der Waals surface area contributed by atoms with Crippen molar-refractivity contribution in [2.75, 3.05) is 12.4 Å². The summed E-state index contributed by atoms with van der Waals surface area (Å²) in [5.74, 6) is -0.226. The van der Waals surface area contributed by atoms with E-state index in [4.69, 9.17) is 23.2 Å². The first-order valence-corrected chi connectivity index (χ1v) is 9.29. The van der Waals surface area contributed by atoms with Crippen LogP contribution in [0.15, 0.2) is 23.1 Å². The summed E-state index contributed by atoms with van der Waals surface area (Å²) in [5.41, 5.74) is -0.216. The Morgan fingerprint density at radius 1 is 1.24 bits per heavy atom. The molecule has 1 aliphatic carbocycles. The van der Waals surface area contributed by atoms with Crippen LogP contribution in [0.5, 0.6) is 0 Å². The molecule has 7 heteroatoms. The second-order valence-electron chi connectivity index (χ2n) is 5.59. The molecule has 0 spiro atoms. The molecule has 0 aliphatic heterocycles. The summed E-state index contributed by atoms with van der Waals surface area (Å²) in [4.78, 5) is -0.232. The standard InChI is InChI=1S/C14H18Cl2FNO2S/c15-9-14(6-2-1-3-7-14)10-18-21(19,20)13-8-11(17)4-5-12(13)16/h4-5,8,18H,1-3,6-7,9-10H2. The molecule has 0 heterocycles. The molecule has 1 saturated carbocycles. The highest BCUT2D eigenvalue weighted by Crippen LogP contribution is 2.37. The van der Waals surface area contributed by atoms with Crippen LogP contribution < -0.4 is 4.72 Å². The van der Waals surface area contributed by atoms with E-state index in [0.717, 1.165) is 44.2 Å². The van der Waals surface area contributed by atoms with Crippen LogP contribution in [0, 0.1) is 11.2 Å². The highest BCUT2D eigenvalue weighted by Gasteiger charge is 2.33. The van der Waals surface area contributed by atoms with Crippen LogP contribution in [0.1, 0.15) is 32.1 Å². The van der Waals surface area contributed by atoms with Gasteiger partial charge >= 0.3 is 0 Å². The third-order valence-electron chi connectivity index (χ3n) is 4.02. The molecule has 21 heavy (non-hydrogen) atoms. The van der Waals surface area contributed by atoms with Crippen molar-refractivity contribution in [1.29, 1.82) is 0 Å². The number of sulfonamides is 1. The maximum Gasteiger partial charge on any atom is 0.242 e. The predicted octanol–water partition coefficient (Wildman–Crippen LogP) is 3.95. The van der Waals surface area contributed by atoms with Crippen LogP contribution in [0.4, 0.5) is 4.39 Å². The van der Waals surface area contributed by atoms with Gasteiger partial charge in [0.05, 0.1) is 5.02 Å². The van der Waals surface area contributed by atoms with Gasteiger partial charge in [0, 0.05) is 12.4 Å². The number of alkyl halides is 1. The van der Waals surface area contributed by atoms with Gasteiger partial charge < -0.3 is 0 Å². The summed E-state index contributed by atoms with van der Waals surface area (Å²) < 4.78 is 40.4. The first-order chi connectivity index (χ1) is 9.88. The van der Waals surface area contributed by atoms with E-state index in [-0.39, 0.29) is 21.9 Å². The molecule has 118 valence electrons. The summed E-state index contributed by atoms with van der Waals surface area (Å²) in [6.45, 7) is 0.256. The van der Waals surface area contributed by atoms with Crippen molar-refractivity contribution >= 4 is 33.2 Å². The van der Waals surface area contributed by atoms with E-state index in [9.17, 15) is 12.8 Å². The molecule has 1 aromatic carbocycles. The zero-order valence-electron chi connectivity index (χ0n) is 11.5. The number of hydrogen-bond donors (Lipinski definition) is 1. The number of nitrogens with one attached hydrogen (secondary N) is 1. The predicted molar refractivity (Wildman–Crippen MR) is 82.8 cm³/mol. The lowest BCUT2D eigenvalue weighted by Crippen LogP contribution is -2.40. The minimum Gasteiger partial charge on any atom is -0.211 e. The second-order valence-corrected chi connectivity index (χ2v) is 8.00. The van der Waals surface area contributed by atoms with Gasteiger partial charge in [-0.3, -0.25) is 0 Å². The molecule has 0 unspecified atom stereocenters. The van der Waals surface area contributed by atoms with Crippen molar-refractivity contribution in [1.82, 2.24) is 4.72 Å². The van der Waals surface area contributed by atoms with Crippen LogP contribution in [0.2, 0.25) is 5.02 Å². The van der Waals surface area contributed by atoms with Gasteiger partial charge in [-0.15, -0.1) is 11.6 Å². The Balaban J connectivity index is 2.15. The van der Waals surface area contributed by atoms with E-state index in [1.165, 1.54) is 6.07 Å². The monoisotopic (exact) mass is 353 g/mol. The number of halogens is 3. The van der Waals surface area contributed by atoms with Crippen molar-refractivity contribution in [3.8, 4) is 0 Å². The molecule has 2 rings (SSSR count). The molecular formula is C14H18Cl2FNO2S. The molecular weight excluding hydrogens is 336 g/mol. The molecule has 0 amide bonds. The highest BCUT2D eigenvalue weighted by atomic mass is 35.5. The first kappa shape index (κ1) is 17.0. The fourth-order valence-electron chi connectivity index (χ4n) is 2.67. The van der Waals surface area contributed by atoms with Crippen LogP contribution in [-0.4, -0.2) is 20.8 Å². The lowest BCUT2D eigenvalue weighted by atomic mass is 9.76. The number of hydrogen-bond acceptors (Lipinski definition) is 2. The maximum absolute atomic E-state index is 13.2. The van der Waals surface area contributed by atoms with Gasteiger partial charge in [-0.05, 0) is 36.5 Å². The largest absolute Gasteiger partial charge is 0.242 e. The molecule has 1 fully saturated rings. The lowest BCUT2D eigenvalue weighted by molar-refractivity contribution is 0.223. The van der Waals surface area contributed by atoms with Crippen LogP contribution in [0.25, 0.3) is 0 Å². The SMILES string of the molecule is O=S(=O)(NCC1(CCl)CCCCC1)c1cc(F)ccc1Cl. The molecule has 0 aromatic heterocycles. The van der Waals surface area contributed by atoms with Crippen molar-refractivity contribution in [3.63, 3.8) is 0 Å². The number of benzene rings is 1. The fourth-order valence-corrected chi connectivity index (χ4v) is 4.70. The Bertz CT molecular complexity index is 601. The Labute approximate surface area is 134 Å². The lowest BCUT2D eigenvalue weighted by Gasteiger charge is -2.35. The molecule has 0 bridgehead atoms. The van der Waals surface area contributed by atoms with Crippen LogP contribution in [0.3, 0.4) is 0 Å². The highest BCUT2D eigenvalue weighted by molar-refractivity contribution is 7.89. The summed E-state index contributed by atoms with van der Waals surface area (Å²) in [7, 11) is -3.84. The van der Waals surface area contributed by atoms with Gasteiger partial charge in [0.1, 0.15) is 10.7 Å². The van der Waals surface area contributed by atoms with Crippen LogP contribution >= 0.6 is 23.2 Å². The maximum atomic E-state index is 13.2. The van der Waals surface area contributed by atoms with Gasteiger partial charge in [-0.25, -0.2) is 17.5 Å². The Kier molecular flexibility index (Phi) is 5.52. The normalized spacial score (nSPS) is 18.6. The van der Waals surface area contributed by atoms with Crippen molar-refractivity contribution < 1.29 is 12.8 Å². The molecule has 0 atom stereocenters. The van der Waals surface area contributed by atoms with Crippen molar-refractivity contribution in [3.05, 3.63) is 29.0 Å². The van der Waals surface area contributed by atoms with Crippen LogP contribution in [-0.2, 0) is 10.0 Å². The average molecular weight is 354 g/mol. The minimum absolute atomic E-state index is 0.00691. The van der Waals surface area contributed by atoms with Crippen molar-refractivity contribution in [2.24, 2.45) is 5.41 Å². The Hall–Kier alpha value is -0.360. The third kappa shape index (κ3) is 4.09. The van der Waals surface area contributed by atoms with Gasteiger partial charge in [0.25, 0.3) is 0 Å². The van der Waals surface area contributed by atoms with Crippen molar-refractivity contribution in [2.45, 2.75) is 37.0 Å². The van der Waals surface area contributed by atoms with E-state index >= 15 is 0 Å². The molecule has 0 saturated heterocycles. The zero-order valence-corrected chi connectivity index (χ0v) is 13.9.